The van der Waals surface area contributed by atoms with E-state index in [1.807, 2.05) is 0 Å². The van der Waals surface area contributed by atoms with Gasteiger partial charge in [-0.2, -0.15) is 0 Å². The molecular weight excluding hydrogens is 159 g/mol. The van der Waals surface area contributed by atoms with Gasteiger partial charge in [-0.25, -0.2) is 0 Å². The molecule has 23 valence electrons. The fourth-order valence-electron chi connectivity index (χ4n) is 0. The van der Waals surface area contributed by atoms with E-state index in [1.54, 1.807) is 13.2 Å². The zero-order valence-corrected chi connectivity index (χ0v) is 5.20. The van der Waals surface area contributed by atoms with E-state index in [0.29, 0.717) is 0 Å². The monoisotopic (exact) mass is 161 g/mol. The normalized spacial score (nSPS) is 6.25. The van der Waals surface area contributed by atoms with Gasteiger partial charge in [0.15, 0.2) is 0 Å². The van der Waals surface area contributed by atoms with Gasteiger partial charge in [-0.15, -0.1) is 0 Å². The van der Waals surface area contributed by atoms with Gasteiger partial charge in [0.1, 0.15) is 0 Å². The molecule has 0 fully saturated rings. The van der Waals surface area contributed by atoms with Crippen LogP contribution >= 0.6 is 0 Å². The minimum atomic E-state index is -2.90. The summed E-state index contributed by atoms with van der Waals surface area (Å²) in [7, 11) is 0. The summed E-state index contributed by atoms with van der Waals surface area (Å²) in [6.45, 7) is 0. The average molecular weight is 160 g/mol. The summed E-state index contributed by atoms with van der Waals surface area (Å²) in [5.41, 5.74) is 0. The molecule has 0 bridgehead atoms. The average Bonchev–Trinajstić information content (AvgIpc) is 0.811. The van der Waals surface area contributed by atoms with Crippen molar-refractivity contribution < 1.29 is 22.3 Å². The molecule has 2 nitrogen and oxygen atoms in total. The topological polar surface area (TPSA) is 34.1 Å². The Kier molecular flexibility index (Phi) is 2.53. The van der Waals surface area contributed by atoms with E-state index >= 15 is 0 Å². The summed E-state index contributed by atoms with van der Waals surface area (Å²) in [5.74, 6) is 0. The Hall–Kier alpha value is 0.834. The van der Waals surface area contributed by atoms with Gasteiger partial charge < -0.3 is 0 Å². The van der Waals surface area contributed by atoms with Crippen molar-refractivity contribution in [3.63, 3.8) is 0 Å². The van der Waals surface area contributed by atoms with Crippen LogP contribution in [-0.2, 0) is 22.3 Å². The van der Waals surface area contributed by atoms with Crippen LogP contribution in [-0.4, -0.2) is 13.2 Å². The molecule has 0 aliphatic heterocycles. The van der Waals surface area contributed by atoms with Crippen LogP contribution in [0.25, 0.3) is 0 Å². The molecule has 0 heterocycles. The number of hydrogen-bond acceptors (Lipinski definition) is 2. The van der Waals surface area contributed by atoms with E-state index in [0.717, 1.165) is 0 Å². The van der Waals surface area contributed by atoms with Gasteiger partial charge in [-0.3, -0.25) is 0 Å². The van der Waals surface area contributed by atoms with Crippen LogP contribution in [0.5, 0.6) is 0 Å². The summed E-state index contributed by atoms with van der Waals surface area (Å²) < 4.78 is 18.2. The Balaban J connectivity index is 3.51. The second-order valence-corrected chi connectivity index (χ2v) is 4.26. The first-order chi connectivity index (χ1) is 1.73. The maximum atomic E-state index is 9.11. The SMILES string of the molecule is [O]=[Ti](=[O])[SeH]. The molecule has 0 aromatic heterocycles. The predicted octanol–water partition coefficient (Wildman–Crippen LogP) is -0.889. The van der Waals surface area contributed by atoms with Crippen LogP contribution in [0.2, 0.25) is 0 Å². The fraction of sp³-hybridized carbons (Fsp3) is 0. The molecule has 0 aliphatic carbocycles. The van der Waals surface area contributed by atoms with Gasteiger partial charge in [0.25, 0.3) is 0 Å². The van der Waals surface area contributed by atoms with Gasteiger partial charge in [0, 0.05) is 0 Å². The van der Waals surface area contributed by atoms with Crippen LogP contribution in [0.4, 0.5) is 0 Å². The molecule has 0 saturated carbocycles. The third kappa shape index (κ3) is 13.7. The molecule has 4 heavy (non-hydrogen) atoms. The first-order valence-electron chi connectivity index (χ1n) is 0.632. The van der Waals surface area contributed by atoms with E-state index in [-0.39, 0.29) is 0 Å². The summed E-state index contributed by atoms with van der Waals surface area (Å²) in [5, 5.41) is 0. The summed E-state index contributed by atoms with van der Waals surface area (Å²) in [6, 6.07) is 0. The first-order valence-corrected chi connectivity index (χ1v) is 6.47. The Bertz CT molecular complexity index is 54.4. The van der Waals surface area contributed by atoms with Crippen molar-refractivity contribution in [1.29, 1.82) is 0 Å². The summed E-state index contributed by atoms with van der Waals surface area (Å²) in [6.07, 6.45) is 0. The molecule has 0 rings (SSSR count). The molecule has 0 N–H and O–H groups in total. The molecule has 0 aromatic rings. The van der Waals surface area contributed by atoms with Crippen molar-refractivity contribution in [3.8, 4) is 0 Å². The predicted molar refractivity (Wildman–Crippen MR) is 8.52 cm³/mol. The molecule has 0 atom stereocenters. The first kappa shape index (κ1) is 4.83. The van der Waals surface area contributed by atoms with Gasteiger partial charge in [-0.05, 0) is 0 Å². The standard InChI is InChI=1S/2O.H2Se.Ti/h;;1H2;/q;;;+1/p-1. The molecule has 0 spiro atoms. The maximum absolute atomic E-state index is 9.11. The van der Waals surface area contributed by atoms with Crippen molar-refractivity contribution >= 4 is 13.2 Å². The molecule has 0 amide bonds. The van der Waals surface area contributed by atoms with Gasteiger partial charge in [0.2, 0.25) is 0 Å². The zero-order chi connectivity index (χ0) is 3.58. The van der Waals surface area contributed by atoms with E-state index in [1.165, 1.54) is 0 Å². The number of hydrogen-bond donors (Lipinski definition) is 0. The van der Waals surface area contributed by atoms with Crippen molar-refractivity contribution in [3.05, 3.63) is 0 Å². The molecule has 0 aromatic carbocycles. The van der Waals surface area contributed by atoms with Crippen LogP contribution < -0.4 is 0 Å². The quantitative estimate of drug-likeness (QED) is 0.430. The van der Waals surface area contributed by atoms with E-state index in [9.17, 15) is 0 Å². The Morgan fingerprint density at radius 2 is 1.50 bits per heavy atom. The van der Waals surface area contributed by atoms with Crippen molar-refractivity contribution in [1.82, 2.24) is 0 Å². The Morgan fingerprint density at radius 1 is 1.50 bits per heavy atom. The van der Waals surface area contributed by atoms with Crippen molar-refractivity contribution in [2.75, 3.05) is 0 Å². The molecule has 0 saturated heterocycles. The second-order valence-electron chi connectivity index (χ2n) is 0.266. The third-order valence-electron chi connectivity index (χ3n) is 0. The van der Waals surface area contributed by atoms with E-state index < -0.39 is 15.7 Å². The second kappa shape index (κ2) is 2.09. The third-order valence-corrected chi connectivity index (χ3v) is 0. The molecular formula is HO2SeTi. The van der Waals surface area contributed by atoms with Crippen molar-refractivity contribution in [2.24, 2.45) is 0 Å². The van der Waals surface area contributed by atoms with Gasteiger partial charge in [0.05, 0.1) is 0 Å². The fourth-order valence-corrected chi connectivity index (χ4v) is 0. The summed E-state index contributed by atoms with van der Waals surface area (Å²) >= 11 is -1.31. The minimum absolute atomic E-state index is 1.59. The van der Waals surface area contributed by atoms with Gasteiger partial charge >= 0.3 is 35.6 Å². The summed E-state index contributed by atoms with van der Waals surface area (Å²) in [4.78, 5) is 0. The van der Waals surface area contributed by atoms with Gasteiger partial charge in [-0.1, -0.05) is 0 Å². The van der Waals surface area contributed by atoms with Crippen LogP contribution in [0, 0.1) is 0 Å². The zero-order valence-electron chi connectivity index (χ0n) is 1.76. The van der Waals surface area contributed by atoms with Crippen LogP contribution in [0.3, 0.4) is 0 Å². The van der Waals surface area contributed by atoms with Crippen molar-refractivity contribution in [2.45, 2.75) is 0 Å². The molecule has 0 aliphatic rings. The molecule has 0 unspecified atom stereocenters. The number of rotatable bonds is 0. The van der Waals surface area contributed by atoms with Crippen LogP contribution in [0.15, 0.2) is 0 Å². The Labute approximate surface area is 35.8 Å². The van der Waals surface area contributed by atoms with Crippen LogP contribution in [0.1, 0.15) is 0 Å². The van der Waals surface area contributed by atoms with E-state index in [2.05, 4.69) is 0 Å². The molecule has 0 radical (unpaired) electrons. The Morgan fingerprint density at radius 3 is 1.50 bits per heavy atom. The van der Waals surface area contributed by atoms with E-state index in [4.69, 9.17) is 6.65 Å². The molecule has 4 heteroatoms.